The quantitative estimate of drug-likeness (QED) is 0.368. The SMILES string of the molecule is C[C@@H]1O[C@@H](Nc2cc(C(=O)[O-])cc([N+](=O)[O-])c2)[C@H](O)[C@@H](O)[C@H]1O. The van der Waals surface area contributed by atoms with Crippen LogP contribution in [-0.2, 0) is 4.74 Å². The summed E-state index contributed by atoms with van der Waals surface area (Å²) < 4.78 is 5.28. The summed E-state index contributed by atoms with van der Waals surface area (Å²) in [4.78, 5) is 21.0. The first-order valence-electron chi connectivity index (χ1n) is 6.67. The molecule has 1 saturated heterocycles. The van der Waals surface area contributed by atoms with Gasteiger partial charge in [-0.1, -0.05) is 0 Å². The lowest BCUT2D eigenvalue weighted by Crippen LogP contribution is -2.58. The number of anilines is 1. The molecule has 0 saturated carbocycles. The average molecular weight is 327 g/mol. The van der Waals surface area contributed by atoms with Crippen LogP contribution in [0, 0.1) is 10.1 Å². The molecule has 0 unspecified atom stereocenters. The Morgan fingerprint density at radius 1 is 1.22 bits per heavy atom. The average Bonchev–Trinajstić information content (AvgIpc) is 2.50. The van der Waals surface area contributed by atoms with Crippen molar-refractivity contribution in [1.82, 2.24) is 0 Å². The molecular formula is C13H15N2O8-. The molecule has 2 rings (SSSR count). The number of carbonyl (C=O) groups excluding carboxylic acids is 1. The molecule has 5 atom stereocenters. The van der Waals surface area contributed by atoms with Crippen LogP contribution in [0.2, 0.25) is 0 Å². The number of hydrogen-bond acceptors (Lipinski definition) is 9. The molecular weight excluding hydrogens is 312 g/mol. The second-order valence-electron chi connectivity index (χ2n) is 5.19. The number of aromatic carboxylic acids is 1. The van der Waals surface area contributed by atoms with Gasteiger partial charge in [0.25, 0.3) is 5.69 Å². The summed E-state index contributed by atoms with van der Waals surface area (Å²) in [5.74, 6) is -1.61. The van der Waals surface area contributed by atoms with Crippen molar-refractivity contribution in [2.75, 3.05) is 5.32 Å². The summed E-state index contributed by atoms with van der Waals surface area (Å²) >= 11 is 0. The first kappa shape index (κ1) is 17.1. The third-order valence-electron chi connectivity index (χ3n) is 3.53. The van der Waals surface area contributed by atoms with Gasteiger partial charge in [-0.25, -0.2) is 0 Å². The zero-order valence-corrected chi connectivity index (χ0v) is 11.9. The van der Waals surface area contributed by atoms with E-state index in [2.05, 4.69) is 5.32 Å². The van der Waals surface area contributed by atoms with Crippen LogP contribution >= 0.6 is 0 Å². The van der Waals surface area contributed by atoms with E-state index in [4.69, 9.17) is 4.74 Å². The van der Waals surface area contributed by atoms with Gasteiger partial charge in [0.05, 0.1) is 17.0 Å². The van der Waals surface area contributed by atoms with Crippen molar-refractivity contribution >= 4 is 17.3 Å². The lowest BCUT2D eigenvalue weighted by atomic mass is 9.99. The highest BCUT2D eigenvalue weighted by Gasteiger charge is 2.41. The van der Waals surface area contributed by atoms with E-state index in [0.717, 1.165) is 18.2 Å². The Balaban J connectivity index is 2.28. The molecule has 1 aliphatic rings. The third kappa shape index (κ3) is 3.56. The van der Waals surface area contributed by atoms with Gasteiger partial charge >= 0.3 is 0 Å². The molecule has 10 heteroatoms. The lowest BCUT2D eigenvalue weighted by Gasteiger charge is -2.39. The molecule has 0 radical (unpaired) electrons. The molecule has 1 heterocycles. The number of aliphatic hydroxyl groups is 3. The number of nitrogens with zero attached hydrogens (tertiary/aromatic N) is 1. The number of carboxylic acid groups (broad SMARTS) is 1. The highest BCUT2D eigenvalue weighted by atomic mass is 16.6. The maximum atomic E-state index is 10.9. The van der Waals surface area contributed by atoms with E-state index in [1.165, 1.54) is 6.92 Å². The molecule has 10 nitrogen and oxygen atoms in total. The van der Waals surface area contributed by atoms with Gasteiger partial charge in [0.2, 0.25) is 0 Å². The number of nitro groups is 1. The Morgan fingerprint density at radius 3 is 2.43 bits per heavy atom. The topological polar surface area (TPSA) is 165 Å². The number of hydrogen-bond donors (Lipinski definition) is 4. The number of rotatable bonds is 4. The minimum atomic E-state index is -1.61. The van der Waals surface area contributed by atoms with Gasteiger partial charge in [-0.2, -0.15) is 0 Å². The molecule has 1 fully saturated rings. The molecule has 0 aliphatic carbocycles. The van der Waals surface area contributed by atoms with Crippen molar-refractivity contribution in [2.45, 2.75) is 37.6 Å². The second-order valence-corrected chi connectivity index (χ2v) is 5.19. The van der Waals surface area contributed by atoms with Gasteiger partial charge in [-0.3, -0.25) is 10.1 Å². The van der Waals surface area contributed by atoms with Crippen molar-refractivity contribution in [2.24, 2.45) is 0 Å². The van der Waals surface area contributed by atoms with Crippen LogP contribution in [-0.4, -0.2) is 56.9 Å². The fraction of sp³-hybridized carbons (Fsp3) is 0.462. The van der Waals surface area contributed by atoms with Crippen LogP contribution in [0.25, 0.3) is 0 Å². The zero-order chi connectivity index (χ0) is 17.3. The molecule has 0 amide bonds. The highest BCUT2D eigenvalue weighted by Crippen LogP contribution is 2.26. The van der Waals surface area contributed by atoms with Crippen molar-refractivity contribution in [3.8, 4) is 0 Å². The minimum absolute atomic E-state index is 0.0155. The normalized spacial score (nSPS) is 30.7. The van der Waals surface area contributed by atoms with Gasteiger partial charge < -0.3 is 35.3 Å². The number of nitro benzene ring substituents is 1. The standard InChI is InChI=1S/C13H16N2O8/c1-5-9(16)10(17)11(18)12(23-5)14-7-2-6(13(19)20)3-8(4-7)15(21)22/h2-5,9-12,14,16-18H,1H3,(H,19,20)/p-1/t5-,9-,10-,11+,12+/m0/s1. The number of carbonyl (C=O) groups is 1. The molecule has 0 spiro atoms. The predicted molar refractivity (Wildman–Crippen MR) is 73.4 cm³/mol. The highest BCUT2D eigenvalue weighted by molar-refractivity contribution is 5.88. The summed E-state index contributed by atoms with van der Waals surface area (Å²) in [6.45, 7) is 1.47. The second kappa shape index (κ2) is 6.46. The Hall–Kier alpha value is -2.27. The van der Waals surface area contributed by atoms with E-state index in [-0.39, 0.29) is 5.69 Å². The molecule has 0 aromatic heterocycles. The van der Waals surface area contributed by atoms with Crippen LogP contribution in [0.15, 0.2) is 18.2 Å². The molecule has 1 aliphatic heterocycles. The monoisotopic (exact) mass is 327 g/mol. The number of aliphatic hydroxyl groups excluding tert-OH is 3. The maximum Gasteiger partial charge on any atom is 0.272 e. The van der Waals surface area contributed by atoms with Crippen LogP contribution in [0.5, 0.6) is 0 Å². The van der Waals surface area contributed by atoms with Gasteiger partial charge in [0.15, 0.2) is 6.23 Å². The zero-order valence-electron chi connectivity index (χ0n) is 11.9. The fourth-order valence-corrected chi connectivity index (χ4v) is 2.25. The van der Waals surface area contributed by atoms with E-state index in [0.29, 0.717) is 0 Å². The van der Waals surface area contributed by atoms with Crippen LogP contribution in [0.3, 0.4) is 0 Å². The first-order valence-corrected chi connectivity index (χ1v) is 6.67. The Bertz CT molecular complexity index is 590. The molecule has 1 aromatic rings. The molecule has 1 aromatic carbocycles. The number of non-ortho nitro benzene ring substituents is 1. The minimum Gasteiger partial charge on any atom is -0.545 e. The largest absolute Gasteiger partial charge is 0.545 e. The molecule has 126 valence electrons. The lowest BCUT2D eigenvalue weighted by molar-refractivity contribution is -0.384. The summed E-state index contributed by atoms with van der Waals surface area (Å²) in [5.41, 5.74) is -0.938. The third-order valence-corrected chi connectivity index (χ3v) is 3.53. The predicted octanol–water partition coefficient (Wildman–Crippen LogP) is -1.80. The van der Waals surface area contributed by atoms with Crippen molar-refractivity contribution in [3.63, 3.8) is 0 Å². The Labute approximate surface area is 130 Å². The smallest absolute Gasteiger partial charge is 0.272 e. The molecule has 4 N–H and O–H groups in total. The van der Waals surface area contributed by atoms with Gasteiger partial charge in [0.1, 0.15) is 18.3 Å². The van der Waals surface area contributed by atoms with Crippen molar-refractivity contribution in [3.05, 3.63) is 33.9 Å². The summed E-state index contributed by atoms with van der Waals surface area (Å²) in [6, 6.07) is 2.95. The van der Waals surface area contributed by atoms with E-state index in [1.54, 1.807) is 0 Å². The van der Waals surface area contributed by atoms with E-state index in [9.17, 15) is 35.3 Å². The summed E-state index contributed by atoms with van der Waals surface area (Å²) in [5, 5.41) is 53.5. The van der Waals surface area contributed by atoms with Crippen molar-refractivity contribution < 1.29 is 34.9 Å². The Morgan fingerprint density at radius 2 is 1.87 bits per heavy atom. The summed E-state index contributed by atoms with van der Waals surface area (Å²) in [7, 11) is 0. The number of nitrogens with one attached hydrogen (secondary N) is 1. The molecule has 0 bridgehead atoms. The maximum absolute atomic E-state index is 10.9. The van der Waals surface area contributed by atoms with Crippen LogP contribution < -0.4 is 10.4 Å². The number of carboxylic acids is 1. The van der Waals surface area contributed by atoms with Crippen molar-refractivity contribution in [1.29, 1.82) is 0 Å². The van der Waals surface area contributed by atoms with Crippen LogP contribution in [0.1, 0.15) is 17.3 Å². The van der Waals surface area contributed by atoms with Gasteiger partial charge in [0, 0.05) is 23.4 Å². The van der Waals surface area contributed by atoms with E-state index >= 15 is 0 Å². The Kier molecular flexibility index (Phi) is 4.80. The summed E-state index contributed by atoms with van der Waals surface area (Å²) in [6.07, 6.45) is -6.32. The van der Waals surface area contributed by atoms with E-state index in [1.807, 2.05) is 0 Å². The van der Waals surface area contributed by atoms with Crippen LogP contribution in [0.4, 0.5) is 11.4 Å². The number of ether oxygens (including phenoxy) is 1. The van der Waals surface area contributed by atoms with Gasteiger partial charge in [-0.15, -0.1) is 0 Å². The fourth-order valence-electron chi connectivity index (χ4n) is 2.25. The van der Waals surface area contributed by atoms with E-state index < -0.39 is 52.8 Å². The number of benzene rings is 1. The first-order chi connectivity index (χ1) is 10.7. The van der Waals surface area contributed by atoms with Gasteiger partial charge in [-0.05, 0) is 13.0 Å². The molecule has 23 heavy (non-hydrogen) atoms.